The van der Waals surface area contributed by atoms with Gasteiger partial charge in [-0.3, -0.25) is 0 Å². The number of hydrogen-bond donors (Lipinski definition) is 0. The van der Waals surface area contributed by atoms with Crippen LogP contribution in [-0.4, -0.2) is 0 Å². The standard InChI is InChI=1S/C16H28/c1-12(2)16(15-7-8-15)10-9-13-5-3-4-6-14(13)11-16/h12-15H,3-11H2,1-2H3. The predicted octanol–water partition coefficient (Wildman–Crippen LogP) is 5.03. The second kappa shape index (κ2) is 4.03. The molecule has 0 aromatic rings. The fourth-order valence-electron chi connectivity index (χ4n) is 5.00. The van der Waals surface area contributed by atoms with E-state index in [9.17, 15) is 0 Å². The van der Waals surface area contributed by atoms with Gasteiger partial charge in [0.1, 0.15) is 0 Å². The van der Waals surface area contributed by atoms with E-state index in [0.29, 0.717) is 0 Å². The van der Waals surface area contributed by atoms with Gasteiger partial charge in [0.05, 0.1) is 0 Å². The molecular weight excluding hydrogens is 192 g/mol. The first-order chi connectivity index (χ1) is 7.72. The first kappa shape index (κ1) is 11.1. The van der Waals surface area contributed by atoms with Gasteiger partial charge in [0, 0.05) is 0 Å². The maximum absolute atomic E-state index is 2.50. The van der Waals surface area contributed by atoms with Gasteiger partial charge in [0.2, 0.25) is 0 Å². The van der Waals surface area contributed by atoms with E-state index in [1.165, 1.54) is 12.8 Å². The lowest BCUT2D eigenvalue weighted by atomic mass is 9.56. The van der Waals surface area contributed by atoms with E-state index in [2.05, 4.69) is 13.8 Å². The summed E-state index contributed by atoms with van der Waals surface area (Å²) in [5.74, 6) is 4.29. The Labute approximate surface area is 101 Å². The van der Waals surface area contributed by atoms with Crippen LogP contribution in [0.3, 0.4) is 0 Å². The minimum atomic E-state index is 0.776. The Morgan fingerprint density at radius 2 is 1.56 bits per heavy atom. The van der Waals surface area contributed by atoms with Gasteiger partial charge >= 0.3 is 0 Å². The van der Waals surface area contributed by atoms with Crippen LogP contribution in [0.4, 0.5) is 0 Å². The molecule has 16 heavy (non-hydrogen) atoms. The first-order valence-electron chi connectivity index (χ1n) is 7.72. The van der Waals surface area contributed by atoms with Gasteiger partial charge in [-0.25, -0.2) is 0 Å². The quantitative estimate of drug-likeness (QED) is 0.612. The van der Waals surface area contributed by atoms with Crippen molar-refractivity contribution >= 4 is 0 Å². The van der Waals surface area contributed by atoms with Crippen molar-refractivity contribution in [1.29, 1.82) is 0 Å². The smallest absolute Gasteiger partial charge is 0.0243 e. The average molecular weight is 220 g/mol. The fraction of sp³-hybridized carbons (Fsp3) is 1.00. The van der Waals surface area contributed by atoms with Gasteiger partial charge in [-0.15, -0.1) is 0 Å². The summed E-state index contributed by atoms with van der Waals surface area (Å²) in [5, 5.41) is 0. The maximum Gasteiger partial charge on any atom is -0.0243 e. The molecule has 3 aliphatic rings. The average Bonchev–Trinajstić information content (AvgIpc) is 3.12. The van der Waals surface area contributed by atoms with Crippen LogP contribution in [0, 0.1) is 29.1 Å². The van der Waals surface area contributed by atoms with Gasteiger partial charge < -0.3 is 0 Å². The summed E-state index contributed by atoms with van der Waals surface area (Å²) in [6.45, 7) is 5.00. The number of hydrogen-bond acceptors (Lipinski definition) is 0. The number of rotatable bonds is 2. The summed E-state index contributed by atoms with van der Waals surface area (Å²) in [5.41, 5.74) is 0.776. The third-order valence-electron chi connectivity index (χ3n) is 6.23. The Bertz CT molecular complexity index is 247. The van der Waals surface area contributed by atoms with E-state index in [-0.39, 0.29) is 0 Å². The Balaban J connectivity index is 1.76. The minimum absolute atomic E-state index is 0.776. The Morgan fingerprint density at radius 1 is 0.875 bits per heavy atom. The monoisotopic (exact) mass is 220 g/mol. The predicted molar refractivity (Wildman–Crippen MR) is 69.3 cm³/mol. The zero-order chi connectivity index (χ0) is 11.2. The number of fused-ring (bicyclic) bond motifs is 1. The van der Waals surface area contributed by atoms with Crippen LogP contribution in [0.25, 0.3) is 0 Å². The Kier molecular flexibility index (Phi) is 2.80. The maximum atomic E-state index is 2.50. The highest BCUT2D eigenvalue weighted by atomic mass is 14.6. The summed E-state index contributed by atoms with van der Waals surface area (Å²) in [6.07, 6.45) is 14.0. The van der Waals surface area contributed by atoms with Crippen molar-refractivity contribution in [3.63, 3.8) is 0 Å². The summed E-state index contributed by atoms with van der Waals surface area (Å²) in [6, 6.07) is 0. The van der Waals surface area contributed by atoms with Crippen LogP contribution in [0.5, 0.6) is 0 Å². The highest BCUT2D eigenvalue weighted by Crippen LogP contribution is 2.61. The van der Waals surface area contributed by atoms with E-state index < -0.39 is 0 Å². The normalized spacial score (nSPS) is 44.4. The zero-order valence-electron chi connectivity index (χ0n) is 11.2. The molecule has 0 aliphatic heterocycles. The van der Waals surface area contributed by atoms with Crippen molar-refractivity contribution < 1.29 is 0 Å². The molecule has 0 spiro atoms. The van der Waals surface area contributed by atoms with Crippen molar-refractivity contribution in [1.82, 2.24) is 0 Å². The molecule has 3 unspecified atom stereocenters. The van der Waals surface area contributed by atoms with Crippen LogP contribution in [0.2, 0.25) is 0 Å². The third kappa shape index (κ3) is 1.73. The van der Waals surface area contributed by atoms with E-state index in [1.807, 2.05) is 0 Å². The molecule has 0 aromatic carbocycles. The van der Waals surface area contributed by atoms with Crippen LogP contribution >= 0.6 is 0 Å². The van der Waals surface area contributed by atoms with Gasteiger partial charge in [-0.05, 0) is 61.2 Å². The SMILES string of the molecule is CC(C)C1(C2CC2)CCC2CCCCC2C1. The third-order valence-corrected chi connectivity index (χ3v) is 6.23. The van der Waals surface area contributed by atoms with Gasteiger partial charge in [-0.2, -0.15) is 0 Å². The molecule has 0 heteroatoms. The molecule has 0 saturated heterocycles. The largest absolute Gasteiger partial charge is 0.0622 e. The lowest BCUT2D eigenvalue weighted by Gasteiger charge is -2.49. The van der Waals surface area contributed by atoms with Crippen LogP contribution in [-0.2, 0) is 0 Å². The highest BCUT2D eigenvalue weighted by molar-refractivity contribution is 5.01. The van der Waals surface area contributed by atoms with Crippen LogP contribution in [0.1, 0.15) is 71.6 Å². The Hall–Kier alpha value is 0. The van der Waals surface area contributed by atoms with Crippen molar-refractivity contribution in [2.45, 2.75) is 71.6 Å². The summed E-state index contributed by atoms with van der Waals surface area (Å²) in [7, 11) is 0. The molecule has 0 radical (unpaired) electrons. The lowest BCUT2D eigenvalue weighted by Crippen LogP contribution is -2.40. The van der Waals surface area contributed by atoms with Crippen LogP contribution < -0.4 is 0 Å². The Morgan fingerprint density at radius 3 is 2.19 bits per heavy atom. The van der Waals surface area contributed by atoms with Gasteiger partial charge in [0.15, 0.2) is 0 Å². The summed E-state index contributed by atoms with van der Waals surface area (Å²) < 4.78 is 0. The first-order valence-corrected chi connectivity index (χ1v) is 7.72. The van der Waals surface area contributed by atoms with E-state index >= 15 is 0 Å². The second-order valence-electron chi connectivity index (χ2n) is 7.21. The van der Waals surface area contributed by atoms with Crippen molar-refractivity contribution in [3.8, 4) is 0 Å². The van der Waals surface area contributed by atoms with Gasteiger partial charge in [-0.1, -0.05) is 39.5 Å². The zero-order valence-corrected chi connectivity index (χ0v) is 11.2. The van der Waals surface area contributed by atoms with Crippen molar-refractivity contribution in [3.05, 3.63) is 0 Å². The van der Waals surface area contributed by atoms with Gasteiger partial charge in [0.25, 0.3) is 0 Å². The van der Waals surface area contributed by atoms with Crippen molar-refractivity contribution in [2.24, 2.45) is 29.1 Å². The second-order valence-corrected chi connectivity index (χ2v) is 7.21. The molecule has 0 aromatic heterocycles. The molecule has 0 N–H and O–H groups in total. The fourth-order valence-corrected chi connectivity index (χ4v) is 5.00. The van der Waals surface area contributed by atoms with E-state index in [4.69, 9.17) is 0 Å². The molecule has 3 fully saturated rings. The molecule has 0 heterocycles. The molecule has 3 saturated carbocycles. The minimum Gasteiger partial charge on any atom is -0.0622 e. The molecule has 0 amide bonds. The molecule has 3 rings (SSSR count). The summed E-state index contributed by atoms with van der Waals surface area (Å²) >= 11 is 0. The lowest BCUT2D eigenvalue weighted by molar-refractivity contribution is 0.00610. The molecular formula is C16H28. The molecule has 0 bridgehead atoms. The van der Waals surface area contributed by atoms with E-state index in [0.717, 1.165) is 29.1 Å². The van der Waals surface area contributed by atoms with E-state index in [1.54, 1.807) is 44.9 Å². The highest BCUT2D eigenvalue weighted by Gasteiger charge is 2.51. The molecule has 3 atom stereocenters. The summed E-state index contributed by atoms with van der Waals surface area (Å²) in [4.78, 5) is 0. The topological polar surface area (TPSA) is 0 Å². The molecule has 3 aliphatic carbocycles. The molecule has 92 valence electrons. The van der Waals surface area contributed by atoms with Crippen molar-refractivity contribution in [2.75, 3.05) is 0 Å². The van der Waals surface area contributed by atoms with Crippen LogP contribution in [0.15, 0.2) is 0 Å². The molecule has 0 nitrogen and oxygen atoms in total.